The molecular formula is C7H5BN2O. The Kier molecular flexibility index (Phi) is 1.15. The zero-order valence-electron chi connectivity index (χ0n) is 5.74. The van der Waals surface area contributed by atoms with E-state index in [-0.39, 0.29) is 0 Å². The van der Waals surface area contributed by atoms with E-state index in [1.165, 1.54) is 0 Å². The standard InChI is InChI=1S/C7H5BN2O/c8-5-3-1-2-4-6(5)11-10-7(4)9/h1-3H,(H2,9,10). The Bertz CT molecular complexity index is 396. The van der Waals surface area contributed by atoms with Gasteiger partial charge >= 0.3 is 0 Å². The van der Waals surface area contributed by atoms with Crippen molar-refractivity contribution in [1.29, 1.82) is 0 Å². The average Bonchev–Trinajstić information content (AvgIpc) is 2.35. The molecule has 2 aromatic rings. The van der Waals surface area contributed by atoms with Crippen LogP contribution in [0.2, 0.25) is 0 Å². The lowest BCUT2D eigenvalue weighted by Gasteiger charge is -1.90. The zero-order valence-corrected chi connectivity index (χ0v) is 5.74. The molecule has 2 radical (unpaired) electrons. The molecule has 11 heavy (non-hydrogen) atoms. The number of nitrogen functional groups attached to an aromatic ring is 1. The highest BCUT2D eigenvalue weighted by Crippen LogP contribution is 2.16. The summed E-state index contributed by atoms with van der Waals surface area (Å²) in [5, 5.41) is 4.35. The van der Waals surface area contributed by atoms with Gasteiger partial charge in [-0.15, -0.1) is 0 Å². The molecule has 0 aliphatic heterocycles. The van der Waals surface area contributed by atoms with Gasteiger partial charge < -0.3 is 10.3 Å². The Balaban J connectivity index is 2.94. The van der Waals surface area contributed by atoms with Crippen molar-refractivity contribution in [2.45, 2.75) is 0 Å². The normalized spacial score (nSPS) is 10.5. The first-order valence-corrected chi connectivity index (χ1v) is 3.18. The van der Waals surface area contributed by atoms with Crippen molar-refractivity contribution in [2.75, 3.05) is 5.73 Å². The zero-order chi connectivity index (χ0) is 7.84. The summed E-state index contributed by atoms with van der Waals surface area (Å²) in [6, 6.07) is 5.37. The molecule has 0 spiro atoms. The van der Waals surface area contributed by atoms with Crippen molar-refractivity contribution in [3.63, 3.8) is 0 Å². The highest BCUT2D eigenvalue weighted by Gasteiger charge is 2.04. The van der Waals surface area contributed by atoms with Crippen molar-refractivity contribution < 1.29 is 4.52 Å². The summed E-state index contributed by atoms with van der Waals surface area (Å²) in [4.78, 5) is 0. The summed E-state index contributed by atoms with van der Waals surface area (Å²) < 4.78 is 4.88. The highest BCUT2D eigenvalue weighted by atomic mass is 16.5. The summed E-state index contributed by atoms with van der Waals surface area (Å²) in [5.74, 6) is 0.382. The number of hydrogen-bond donors (Lipinski definition) is 1. The molecule has 0 atom stereocenters. The lowest BCUT2D eigenvalue weighted by Crippen LogP contribution is -2.00. The van der Waals surface area contributed by atoms with Gasteiger partial charge in [0.05, 0.1) is 5.39 Å². The molecule has 0 amide bonds. The second-order valence-corrected chi connectivity index (χ2v) is 2.29. The van der Waals surface area contributed by atoms with Crippen molar-refractivity contribution in [3.05, 3.63) is 18.2 Å². The van der Waals surface area contributed by atoms with Crippen LogP contribution in [-0.4, -0.2) is 13.0 Å². The largest absolute Gasteiger partial charge is 0.380 e. The number of rotatable bonds is 0. The van der Waals surface area contributed by atoms with Crippen LogP contribution in [0.15, 0.2) is 22.7 Å². The molecule has 0 unspecified atom stereocenters. The van der Waals surface area contributed by atoms with Gasteiger partial charge in [0.15, 0.2) is 11.4 Å². The molecule has 0 aliphatic rings. The first-order valence-electron chi connectivity index (χ1n) is 3.18. The van der Waals surface area contributed by atoms with E-state index in [0.29, 0.717) is 16.9 Å². The number of fused-ring (bicyclic) bond motifs is 1. The SMILES string of the molecule is [B]c1cccc2c(N)noc12. The number of aromatic nitrogens is 1. The molecule has 0 fully saturated rings. The Labute approximate surface area is 64.6 Å². The fourth-order valence-electron chi connectivity index (χ4n) is 1.00. The van der Waals surface area contributed by atoms with Gasteiger partial charge in [-0.25, -0.2) is 0 Å². The number of benzene rings is 1. The smallest absolute Gasteiger partial charge is 0.174 e. The molecule has 0 aliphatic carbocycles. The monoisotopic (exact) mass is 144 g/mol. The van der Waals surface area contributed by atoms with E-state index in [2.05, 4.69) is 5.16 Å². The molecular weight excluding hydrogens is 139 g/mol. The first kappa shape index (κ1) is 6.28. The van der Waals surface area contributed by atoms with Crippen LogP contribution in [0.5, 0.6) is 0 Å². The summed E-state index contributed by atoms with van der Waals surface area (Å²) in [6.45, 7) is 0. The molecule has 4 heteroatoms. The molecule has 1 heterocycles. The number of nitrogens with zero attached hydrogens (tertiary/aromatic N) is 1. The van der Waals surface area contributed by atoms with Gasteiger partial charge in [0.2, 0.25) is 0 Å². The maximum Gasteiger partial charge on any atom is 0.174 e. The molecule has 1 aromatic carbocycles. The molecule has 52 valence electrons. The van der Waals surface area contributed by atoms with Gasteiger partial charge in [-0.3, -0.25) is 0 Å². The summed E-state index contributed by atoms with van der Waals surface area (Å²) >= 11 is 0. The second-order valence-electron chi connectivity index (χ2n) is 2.29. The number of anilines is 1. The Hall–Kier alpha value is -1.45. The van der Waals surface area contributed by atoms with Crippen molar-refractivity contribution >= 4 is 30.1 Å². The molecule has 3 nitrogen and oxygen atoms in total. The van der Waals surface area contributed by atoms with Crippen LogP contribution in [-0.2, 0) is 0 Å². The third kappa shape index (κ3) is 0.791. The van der Waals surface area contributed by atoms with E-state index < -0.39 is 0 Å². The van der Waals surface area contributed by atoms with Crippen LogP contribution in [0, 0.1) is 0 Å². The van der Waals surface area contributed by atoms with E-state index in [0.717, 1.165) is 5.39 Å². The minimum atomic E-state index is 0.382. The quantitative estimate of drug-likeness (QED) is 0.537. The van der Waals surface area contributed by atoms with E-state index in [9.17, 15) is 0 Å². The molecule has 2 N–H and O–H groups in total. The summed E-state index contributed by atoms with van der Waals surface area (Å²) in [6.07, 6.45) is 0. The average molecular weight is 144 g/mol. The Morgan fingerprint density at radius 2 is 2.27 bits per heavy atom. The van der Waals surface area contributed by atoms with Gasteiger partial charge in [0.1, 0.15) is 7.85 Å². The summed E-state index contributed by atoms with van der Waals surface area (Å²) in [7, 11) is 5.58. The number of nitrogens with two attached hydrogens (primary N) is 1. The highest BCUT2D eigenvalue weighted by molar-refractivity contribution is 6.38. The van der Waals surface area contributed by atoms with E-state index in [1.807, 2.05) is 12.1 Å². The fourth-order valence-corrected chi connectivity index (χ4v) is 1.00. The Morgan fingerprint density at radius 1 is 1.45 bits per heavy atom. The molecule has 1 aromatic heterocycles. The number of hydrogen-bond acceptors (Lipinski definition) is 3. The third-order valence-electron chi connectivity index (χ3n) is 1.56. The minimum Gasteiger partial charge on any atom is -0.380 e. The van der Waals surface area contributed by atoms with Gasteiger partial charge in [0, 0.05) is 0 Å². The van der Waals surface area contributed by atoms with Gasteiger partial charge in [-0.05, 0) is 6.07 Å². The third-order valence-corrected chi connectivity index (χ3v) is 1.56. The topological polar surface area (TPSA) is 52.0 Å². The number of para-hydroxylation sites is 1. The van der Waals surface area contributed by atoms with Gasteiger partial charge in [-0.1, -0.05) is 22.8 Å². The second kappa shape index (κ2) is 2.02. The van der Waals surface area contributed by atoms with Crippen molar-refractivity contribution in [3.8, 4) is 0 Å². The minimum absolute atomic E-state index is 0.382. The van der Waals surface area contributed by atoms with Crippen molar-refractivity contribution in [1.82, 2.24) is 5.16 Å². The van der Waals surface area contributed by atoms with Gasteiger partial charge in [0.25, 0.3) is 0 Å². The van der Waals surface area contributed by atoms with Crippen LogP contribution in [0.4, 0.5) is 5.82 Å². The van der Waals surface area contributed by atoms with E-state index in [1.54, 1.807) is 6.07 Å². The Morgan fingerprint density at radius 3 is 3.00 bits per heavy atom. The van der Waals surface area contributed by atoms with Crippen molar-refractivity contribution in [2.24, 2.45) is 0 Å². The van der Waals surface area contributed by atoms with Crippen LogP contribution in [0.3, 0.4) is 0 Å². The summed E-state index contributed by atoms with van der Waals surface area (Å²) in [5.41, 5.74) is 6.61. The van der Waals surface area contributed by atoms with E-state index in [4.69, 9.17) is 18.1 Å². The predicted octanol–water partition coefficient (Wildman–Crippen LogP) is 0.204. The van der Waals surface area contributed by atoms with Crippen LogP contribution in [0.1, 0.15) is 0 Å². The lowest BCUT2D eigenvalue weighted by atomic mass is 9.94. The first-order chi connectivity index (χ1) is 5.29. The maximum atomic E-state index is 5.58. The molecule has 0 bridgehead atoms. The van der Waals surface area contributed by atoms with Crippen LogP contribution in [0.25, 0.3) is 11.0 Å². The molecule has 0 saturated carbocycles. The maximum absolute atomic E-state index is 5.58. The molecule has 2 rings (SSSR count). The fraction of sp³-hybridized carbons (Fsp3) is 0. The molecule has 0 saturated heterocycles. The van der Waals surface area contributed by atoms with E-state index >= 15 is 0 Å². The van der Waals surface area contributed by atoms with Gasteiger partial charge in [-0.2, -0.15) is 0 Å². The predicted molar refractivity (Wildman–Crippen MR) is 43.8 cm³/mol. The van der Waals surface area contributed by atoms with Crippen LogP contribution >= 0.6 is 0 Å². The lowest BCUT2D eigenvalue weighted by molar-refractivity contribution is 0.462. The van der Waals surface area contributed by atoms with Crippen LogP contribution < -0.4 is 11.2 Å².